The summed E-state index contributed by atoms with van der Waals surface area (Å²) in [6.07, 6.45) is 6.48. The Morgan fingerprint density at radius 2 is 1.85 bits per heavy atom. The Morgan fingerprint density at radius 3 is 2.70 bits per heavy atom. The number of hydrogen-bond acceptors (Lipinski definition) is 4. The van der Waals surface area contributed by atoms with Crippen molar-refractivity contribution >= 4 is 17.8 Å². The van der Waals surface area contributed by atoms with Crippen molar-refractivity contribution in [3.05, 3.63) is 22.7 Å². The van der Waals surface area contributed by atoms with Gasteiger partial charge in [0.15, 0.2) is 11.5 Å². The maximum absolute atomic E-state index is 6.26. The van der Waals surface area contributed by atoms with Crippen LogP contribution >= 0.6 is 11.6 Å². The van der Waals surface area contributed by atoms with Gasteiger partial charge in [-0.3, -0.25) is 5.01 Å². The predicted molar refractivity (Wildman–Crippen MR) is 80.1 cm³/mol. The summed E-state index contributed by atoms with van der Waals surface area (Å²) in [5.74, 6) is 1.37. The Balaban J connectivity index is 1.78. The molecule has 1 fully saturated rings. The molecule has 0 aromatic heterocycles. The zero-order valence-corrected chi connectivity index (χ0v) is 12.2. The van der Waals surface area contributed by atoms with Gasteiger partial charge in [-0.05, 0) is 37.0 Å². The molecule has 2 aliphatic rings. The fraction of sp³-hybridized carbons (Fsp3) is 0.533. The number of rotatable bonds is 2. The Hall–Kier alpha value is -1.42. The topological polar surface area (TPSA) is 34.1 Å². The van der Waals surface area contributed by atoms with Crippen molar-refractivity contribution in [2.75, 3.05) is 26.3 Å². The van der Waals surface area contributed by atoms with E-state index in [-0.39, 0.29) is 0 Å². The molecule has 4 nitrogen and oxygen atoms in total. The first-order valence-electron chi connectivity index (χ1n) is 7.21. The van der Waals surface area contributed by atoms with Crippen molar-refractivity contribution < 1.29 is 9.47 Å². The van der Waals surface area contributed by atoms with Crippen LogP contribution in [0.2, 0.25) is 5.02 Å². The minimum Gasteiger partial charge on any atom is -0.489 e. The van der Waals surface area contributed by atoms with Crippen LogP contribution in [0.1, 0.15) is 31.2 Å². The van der Waals surface area contributed by atoms with Crippen LogP contribution in [-0.2, 0) is 0 Å². The summed E-state index contributed by atoms with van der Waals surface area (Å²) in [6, 6.07) is 3.82. The van der Waals surface area contributed by atoms with Crippen LogP contribution in [0.25, 0.3) is 0 Å². The van der Waals surface area contributed by atoms with E-state index in [2.05, 4.69) is 10.1 Å². The lowest BCUT2D eigenvalue weighted by Gasteiger charge is -2.23. The SMILES string of the molecule is Clc1cc(/C=N\N2CCCCC2)cc2c1OCCCO2. The number of nitrogens with zero attached hydrogens (tertiary/aromatic N) is 2. The fourth-order valence-electron chi connectivity index (χ4n) is 2.47. The predicted octanol–water partition coefficient (Wildman–Crippen LogP) is 3.32. The summed E-state index contributed by atoms with van der Waals surface area (Å²) < 4.78 is 11.3. The van der Waals surface area contributed by atoms with Gasteiger partial charge in [-0.15, -0.1) is 0 Å². The first-order valence-corrected chi connectivity index (χ1v) is 7.59. The van der Waals surface area contributed by atoms with Crippen molar-refractivity contribution in [3.8, 4) is 11.5 Å². The van der Waals surface area contributed by atoms with Gasteiger partial charge in [-0.1, -0.05) is 11.6 Å². The van der Waals surface area contributed by atoms with E-state index in [1.165, 1.54) is 19.3 Å². The minimum atomic E-state index is 0.587. The monoisotopic (exact) mass is 294 g/mol. The van der Waals surface area contributed by atoms with Gasteiger partial charge in [0.05, 0.1) is 24.5 Å². The first-order chi connectivity index (χ1) is 9.83. The highest BCUT2D eigenvalue weighted by Gasteiger charge is 2.15. The van der Waals surface area contributed by atoms with E-state index in [0.717, 1.165) is 30.8 Å². The number of hydrogen-bond donors (Lipinski definition) is 0. The molecule has 0 atom stereocenters. The van der Waals surface area contributed by atoms with Gasteiger partial charge in [0, 0.05) is 19.5 Å². The molecule has 0 radical (unpaired) electrons. The molecule has 1 saturated heterocycles. The lowest BCUT2D eigenvalue weighted by Crippen LogP contribution is -2.24. The normalized spacial score (nSPS) is 19.1. The molecule has 20 heavy (non-hydrogen) atoms. The van der Waals surface area contributed by atoms with Crippen LogP contribution in [0.15, 0.2) is 17.2 Å². The molecule has 0 spiro atoms. The van der Waals surface area contributed by atoms with Gasteiger partial charge in [0.1, 0.15) is 0 Å². The fourth-order valence-corrected chi connectivity index (χ4v) is 2.74. The number of benzene rings is 1. The Morgan fingerprint density at radius 1 is 1.05 bits per heavy atom. The quantitative estimate of drug-likeness (QED) is 0.785. The molecule has 0 amide bonds. The van der Waals surface area contributed by atoms with Gasteiger partial charge in [0.2, 0.25) is 0 Å². The molecule has 1 aromatic carbocycles. The van der Waals surface area contributed by atoms with E-state index in [0.29, 0.717) is 24.0 Å². The van der Waals surface area contributed by atoms with Crippen LogP contribution in [0, 0.1) is 0 Å². The number of hydrazone groups is 1. The molecule has 2 aliphatic heterocycles. The van der Waals surface area contributed by atoms with Crippen molar-refractivity contribution in [2.45, 2.75) is 25.7 Å². The molecule has 0 aliphatic carbocycles. The number of piperidine rings is 1. The molecular weight excluding hydrogens is 276 g/mol. The van der Waals surface area contributed by atoms with Gasteiger partial charge in [0.25, 0.3) is 0 Å². The molecule has 3 rings (SSSR count). The summed E-state index contributed by atoms with van der Waals surface area (Å²) in [6.45, 7) is 3.38. The summed E-state index contributed by atoms with van der Waals surface area (Å²) in [5.41, 5.74) is 0.949. The van der Waals surface area contributed by atoms with E-state index < -0.39 is 0 Å². The molecule has 5 heteroatoms. The van der Waals surface area contributed by atoms with Crippen LogP contribution < -0.4 is 9.47 Å². The lowest BCUT2D eigenvalue weighted by atomic mass is 10.2. The standard InChI is InChI=1S/C15H19ClN2O2/c16-13-9-12(11-17-18-5-2-1-3-6-18)10-14-15(13)20-8-4-7-19-14/h9-11H,1-8H2/b17-11-. The van der Waals surface area contributed by atoms with Gasteiger partial charge >= 0.3 is 0 Å². The van der Waals surface area contributed by atoms with Crippen molar-refractivity contribution in [2.24, 2.45) is 5.10 Å². The van der Waals surface area contributed by atoms with Gasteiger partial charge < -0.3 is 9.47 Å². The van der Waals surface area contributed by atoms with Crippen molar-refractivity contribution in [1.82, 2.24) is 5.01 Å². The highest BCUT2D eigenvalue weighted by molar-refractivity contribution is 6.32. The maximum Gasteiger partial charge on any atom is 0.179 e. The Kier molecular flexibility index (Phi) is 4.31. The molecule has 0 unspecified atom stereocenters. The summed E-state index contributed by atoms with van der Waals surface area (Å²) in [4.78, 5) is 0. The average Bonchev–Trinajstić information content (AvgIpc) is 2.72. The smallest absolute Gasteiger partial charge is 0.179 e. The first kappa shape index (κ1) is 13.6. The van der Waals surface area contributed by atoms with Crippen molar-refractivity contribution in [3.63, 3.8) is 0 Å². The number of halogens is 1. The minimum absolute atomic E-state index is 0.587. The van der Waals surface area contributed by atoms with Crippen molar-refractivity contribution in [1.29, 1.82) is 0 Å². The molecule has 0 N–H and O–H groups in total. The van der Waals surface area contributed by atoms with Gasteiger partial charge in [-0.25, -0.2) is 0 Å². The Labute approximate surface area is 124 Å². The number of fused-ring (bicyclic) bond motifs is 1. The molecular formula is C15H19ClN2O2. The largest absolute Gasteiger partial charge is 0.489 e. The zero-order chi connectivity index (χ0) is 13.8. The van der Waals surface area contributed by atoms with Crippen LogP contribution in [0.5, 0.6) is 11.5 Å². The molecule has 108 valence electrons. The average molecular weight is 295 g/mol. The van der Waals surface area contributed by atoms with E-state index in [1.807, 2.05) is 18.3 Å². The number of ether oxygens (including phenoxy) is 2. The maximum atomic E-state index is 6.26. The second-order valence-electron chi connectivity index (χ2n) is 5.14. The molecule has 0 saturated carbocycles. The third-order valence-corrected chi connectivity index (χ3v) is 3.81. The zero-order valence-electron chi connectivity index (χ0n) is 11.5. The van der Waals surface area contributed by atoms with E-state index >= 15 is 0 Å². The van der Waals surface area contributed by atoms with Crippen LogP contribution in [0.3, 0.4) is 0 Å². The second-order valence-corrected chi connectivity index (χ2v) is 5.55. The summed E-state index contributed by atoms with van der Waals surface area (Å²) >= 11 is 6.26. The molecule has 2 heterocycles. The summed E-state index contributed by atoms with van der Waals surface area (Å²) in [7, 11) is 0. The summed E-state index contributed by atoms with van der Waals surface area (Å²) in [5, 5.41) is 7.22. The third-order valence-electron chi connectivity index (χ3n) is 3.53. The Bertz CT molecular complexity index is 499. The third kappa shape index (κ3) is 3.18. The van der Waals surface area contributed by atoms with Gasteiger partial charge in [-0.2, -0.15) is 5.10 Å². The van der Waals surface area contributed by atoms with E-state index in [1.54, 1.807) is 0 Å². The van der Waals surface area contributed by atoms with Crippen LogP contribution in [-0.4, -0.2) is 37.5 Å². The van der Waals surface area contributed by atoms with E-state index in [4.69, 9.17) is 21.1 Å². The highest BCUT2D eigenvalue weighted by Crippen LogP contribution is 2.37. The highest BCUT2D eigenvalue weighted by atomic mass is 35.5. The van der Waals surface area contributed by atoms with E-state index in [9.17, 15) is 0 Å². The molecule has 1 aromatic rings. The second kappa shape index (κ2) is 6.35. The van der Waals surface area contributed by atoms with Crippen LogP contribution in [0.4, 0.5) is 0 Å². The molecule has 0 bridgehead atoms. The lowest BCUT2D eigenvalue weighted by molar-refractivity contribution is 0.240.